The van der Waals surface area contributed by atoms with Crippen molar-refractivity contribution in [2.24, 2.45) is 0 Å². The van der Waals surface area contributed by atoms with E-state index in [-0.39, 0.29) is 11.6 Å². The van der Waals surface area contributed by atoms with Crippen LogP contribution in [-0.2, 0) is 0 Å². The van der Waals surface area contributed by atoms with Crippen molar-refractivity contribution in [3.05, 3.63) is 51.5 Å². The fourth-order valence-corrected chi connectivity index (χ4v) is 3.64. The van der Waals surface area contributed by atoms with Crippen LogP contribution in [0.25, 0.3) is 21.7 Å². The Kier molecular flexibility index (Phi) is 4.30. The molecule has 1 unspecified atom stereocenters. The highest BCUT2D eigenvalue weighted by atomic mass is 79.9. The first-order valence-corrected chi connectivity index (χ1v) is 8.54. The highest BCUT2D eigenvalue weighted by Gasteiger charge is 2.14. The Balaban J connectivity index is 2.32. The van der Waals surface area contributed by atoms with Crippen LogP contribution in [0.5, 0.6) is 0 Å². The van der Waals surface area contributed by atoms with Crippen LogP contribution in [0.4, 0.5) is 0 Å². The molecule has 0 aliphatic carbocycles. The second-order valence-corrected chi connectivity index (χ2v) is 6.46. The molecule has 0 radical (unpaired) electrons. The van der Waals surface area contributed by atoms with Gasteiger partial charge in [0, 0.05) is 15.9 Å². The van der Waals surface area contributed by atoms with Gasteiger partial charge in [0.1, 0.15) is 0 Å². The van der Waals surface area contributed by atoms with Crippen LogP contribution < -0.4 is 5.56 Å². The topological polar surface area (TPSA) is 34.9 Å². The monoisotopic (exact) mass is 358 g/mol. The van der Waals surface area contributed by atoms with Crippen LogP contribution >= 0.6 is 15.9 Å². The van der Waals surface area contributed by atoms with Crippen molar-refractivity contribution in [2.45, 2.75) is 39.2 Å². The minimum absolute atomic E-state index is 0.0525. The summed E-state index contributed by atoms with van der Waals surface area (Å²) < 4.78 is 2.74. The maximum absolute atomic E-state index is 12.9. The zero-order chi connectivity index (χ0) is 15.7. The van der Waals surface area contributed by atoms with Gasteiger partial charge in [0.25, 0.3) is 5.56 Å². The zero-order valence-electron chi connectivity index (χ0n) is 12.8. The molecular weight excluding hydrogens is 340 g/mol. The van der Waals surface area contributed by atoms with Gasteiger partial charge in [0.05, 0.1) is 17.2 Å². The molecule has 0 aliphatic rings. The Hall–Kier alpha value is -1.68. The van der Waals surface area contributed by atoms with Crippen molar-refractivity contribution in [2.75, 3.05) is 0 Å². The van der Waals surface area contributed by atoms with Crippen LogP contribution in [0.3, 0.4) is 0 Å². The van der Waals surface area contributed by atoms with Gasteiger partial charge in [-0.2, -0.15) is 0 Å². The Morgan fingerprint density at radius 3 is 2.59 bits per heavy atom. The van der Waals surface area contributed by atoms with Gasteiger partial charge < -0.3 is 0 Å². The van der Waals surface area contributed by atoms with Gasteiger partial charge in [-0.15, -0.1) is 0 Å². The molecule has 1 heterocycles. The molecular formula is C18H19BrN2O. The van der Waals surface area contributed by atoms with Crippen LogP contribution in [0, 0.1) is 0 Å². The summed E-state index contributed by atoms with van der Waals surface area (Å²) in [5, 5.41) is 2.78. The van der Waals surface area contributed by atoms with Gasteiger partial charge in [0.15, 0.2) is 0 Å². The van der Waals surface area contributed by atoms with E-state index in [2.05, 4.69) is 34.8 Å². The van der Waals surface area contributed by atoms with Crippen LogP contribution in [0.15, 0.2) is 45.9 Å². The van der Waals surface area contributed by atoms with Crippen LogP contribution in [0.1, 0.15) is 39.2 Å². The summed E-state index contributed by atoms with van der Waals surface area (Å²) in [4.78, 5) is 17.5. The van der Waals surface area contributed by atoms with E-state index in [9.17, 15) is 4.79 Å². The molecule has 0 saturated heterocycles. The van der Waals surface area contributed by atoms with Gasteiger partial charge in [-0.25, -0.2) is 4.98 Å². The summed E-state index contributed by atoms with van der Waals surface area (Å²) in [6.07, 6.45) is 4.72. The summed E-state index contributed by atoms with van der Waals surface area (Å²) in [6.45, 7) is 4.26. The average molecular weight is 359 g/mol. The van der Waals surface area contributed by atoms with Crippen LogP contribution in [0.2, 0.25) is 0 Å². The molecule has 0 bridgehead atoms. The maximum atomic E-state index is 12.9. The first-order chi connectivity index (χ1) is 10.7. The molecule has 22 heavy (non-hydrogen) atoms. The molecule has 0 saturated carbocycles. The molecule has 0 amide bonds. The van der Waals surface area contributed by atoms with Crippen LogP contribution in [-0.4, -0.2) is 9.55 Å². The Bertz CT molecular complexity index is 885. The van der Waals surface area contributed by atoms with Crippen molar-refractivity contribution < 1.29 is 0 Å². The molecule has 3 aromatic rings. The molecule has 1 aromatic heterocycles. The summed E-state index contributed by atoms with van der Waals surface area (Å²) in [7, 11) is 0. The van der Waals surface area contributed by atoms with E-state index >= 15 is 0 Å². The molecule has 2 aromatic carbocycles. The summed E-state index contributed by atoms with van der Waals surface area (Å²) in [6, 6.07) is 10.2. The van der Waals surface area contributed by atoms with E-state index in [1.54, 1.807) is 10.9 Å². The number of fused-ring (bicyclic) bond motifs is 3. The lowest BCUT2D eigenvalue weighted by atomic mass is 10.1. The first-order valence-electron chi connectivity index (χ1n) is 7.75. The lowest BCUT2D eigenvalue weighted by Gasteiger charge is -2.18. The quantitative estimate of drug-likeness (QED) is 0.610. The molecule has 114 valence electrons. The summed E-state index contributed by atoms with van der Waals surface area (Å²) in [5.74, 6) is 0. The number of halogens is 1. The number of nitrogens with zero attached hydrogens (tertiary/aromatic N) is 2. The predicted molar refractivity (Wildman–Crippen MR) is 95.4 cm³/mol. The molecule has 0 spiro atoms. The Morgan fingerprint density at radius 1 is 1.18 bits per heavy atom. The number of hydrogen-bond donors (Lipinski definition) is 0. The lowest BCUT2D eigenvalue weighted by molar-refractivity contribution is 0.433. The number of benzene rings is 2. The molecule has 3 nitrogen and oxygen atoms in total. The van der Waals surface area contributed by atoms with Gasteiger partial charge in [-0.3, -0.25) is 9.36 Å². The normalized spacial score (nSPS) is 12.9. The summed E-state index contributed by atoms with van der Waals surface area (Å²) in [5.41, 5.74) is 0.836. The van der Waals surface area contributed by atoms with E-state index in [1.165, 1.54) is 0 Å². The second kappa shape index (κ2) is 6.21. The minimum Gasteiger partial charge on any atom is -0.296 e. The number of hydrogen-bond acceptors (Lipinski definition) is 2. The molecule has 1 atom stereocenters. The zero-order valence-corrected chi connectivity index (χ0v) is 14.4. The van der Waals surface area contributed by atoms with E-state index < -0.39 is 0 Å². The second-order valence-electron chi connectivity index (χ2n) is 5.61. The van der Waals surface area contributed by atoms with Crippen molar-refractivity contribution in [3.63, 3.8) is 0 Å². The van der Waals surface area contributed by atoms with E-state index in [4.69, 9.17) is 0 Å². The number of aromatic nitrogens is 2. The minimum atomic E-state index is 0.0525. The van der Waals surface area contributed by atoms with Crippen molar-refractivity contribution in [1.82, 2.24) is 9.55 Å². The predicted octanol–water partition coefficient (Wildman–Crippen LogP) is 5.06. The van der Waals surface area contributed by atoms with Gasteiger partial charge in [0.2, 0.25) is 0 Å². The highest BCUT2D eigenvalue weighted by Crippen LogP contribution is 2.29. The van der Waals surface area contributed by atoms with Gasteiger partial charge in [-0.1, -0.05) is 60.5 Å². The van der Waals surface area contributed by atoms with Gasteiger partial charge >= 0.3 is 0 Å². The average Bonchev–Trinajstić information content (AvgIpc) is 2.54. The van der Waals surface area contributed by atoms with E-state index in [0.717, 1.165) is 40.0 Å². The maximum Gasteiger partial charge on any atom is 0.261 e. The Labute approximate surface area is 138 Å². The van der Waals surface area contributed by atoms with Gasteiger partial charge in [-0.05, 0) is 24.3 Å². The van der Waals surface area contributed by atoms with E-state index in [1.807, 2.05) is 30.3 Å². The molecule has 4 heteroatoms. The number of rotatable bonds is 4. The molecule has 0 N–H and O–H groups in total. The standard InChI is InChI=1S/C18H19BrN2O/c1-3-7-12(4-2)21-11-20-17-14-9-6-5-8-13(14)16(19)10-15(17)18(21)22/h5-6,8-12H,3-4,7H2,1-2H3. The fourth-order valence-electron chi connectivity index (χ4n) is 3.06. The fraction of sp³-hybridized carbons (Fsp3) is 0.333. The van der Waals surface area contributed by atoms with Crippen molar-refractivity contribution in [1.29, 1.82) is 0 Å². The lowest BCUT2D eigenvalue weighted by Crippen LogP contribution is -2.25. The third kappa shape index (κ3) is 2.45. The summed E-state index contributed by atoms with van der Waals surface area (Å²) >= 11 is 3.59. The van der Waals surface area contributed by atoms with Crippen molar-refractivity contribution in [3.8, 4) is 0 Å². The third-order valence-electron chi connectivity index (χ3n) is 4.23. The van der Waals surface area contributed by atoms with E-state index in [0.29, 0.717) is 5.39 Å². The SMILES string of the molecule is CCCC(CC)n1cnc2c(cc(Br)c3ccccc32)c1=O. The first kappa shape index (κ1) is 15.2. The molecule has 3 rings (SSSR count). The largest absolute Gasteiger partial charge is 0.296 e. The third-order valence-corrected chi connectivity index (χ3v) is 4.88. The Morgan fingerprint density at radius 2 is 1.91 bits per heavy atom. The highest BCUT2D eigenvalue weighted by molar-refractivity contribution is 9.10. The molecule has 0 aliphatic heterocycles. The molecule has 0 fully saturated rings. The van der Waals surface area contributed by atoms with Crippen molar-refractivity contribution >= 4 is 37.6 Å². The smallest absolute Gasteiger partial charge is 0.261 e.